The Labute approximate surface area is 231 Å². The molecule has 0 aromatic heterocycles. The molecule has 0 unspecified atom stereocenters. The summed E-state index contributed by atoms with van der Waals surface area (Å²) in [7, 11) is 0. The molecule has 0 aliphatic carbocycles. The van der Waals surface area contributed by atoms with E-state index in [1.165, 1.54) is 61.6 Å². The maximum Gasteiger partial charge on any atom is 0.0665 e. The SMILES string of the molecule is C/C=C/CCc1ccccc1N=C(CCCCC)C(C)=Nc1ccc(CCCC)c(CCCC)c1.[Ni]. The van der Waals surface area contributed by atoms with Crippen LogP contribution in [0.2, 0.25) is 0 Å². The zero-order chi connectivity index (χ0) is 25.3. The Balaban J connectivity index is 0.00000648. The van der Waals surface area contributed by atoms with Gasteiger partial charge in [-0.25, -0.2) is 0 Å². The number of aliphatic imine (C=N–C) groups is 2. The normalized spacial score (nSPS) is 12.2. The van der Waals surface area contributed by atoms with Crippen molar-refractivity contribution in [3.05, 3.63) is 71.3 Å². The minimum atomic E-state index is 0. The van der Waals surface area contributed by atoms with Crippen LogP contribution in [0.25, 0.3) is 0 Å². The number of aryl methyl sites for hydroxylation is 3. The summed E-state index contributed by atoms with van der Waals surface area (Å²) in [6, 6.07) is 15.5. The first-order valence-electron chi connectivity index (χ1n) is 14.1. The average Bonchev–Trinajstić information content (AvgIpc) is 2.87. The average molecular weight is 531 g/mol. The Bertz CT molecular complexity index is 971. The van der Waals surface area contributed by atoms with Gasteiger partial charge in [0, 0.05) is 16.5 Å². The summed E-state index contributed by atoms with van der Waals surface area (Å²) in [5.41, 5.74) is 8.63. The molecule has 0 saturated heterocycles. The van der Waals surface area contributed by atoms with Gasteiger partial charge >= 0.3 is 0 Å². The van der Waals surface area contributed by atoms with Crippen molar-refractivity contribution in [2.45, 2.75) is 112 Å². The molecule has 0 bridgehead atoms. The van der Waals surface area contributed by atoms with Crippen LogP contribution in [-0.4, -0.2) is 11.4 Å². The van der Waals surface area contributed by atoms with E-state index in [0.717, 1.165) is 54.9 Å². The van der Waals surface area contributed by atoms with Gasteiger partial charge in [0.15, 0.2) is 0 Å². The van der Waals surface area contributed by atoms with Crippen LogP contribution in [0, 0.1) is 0 Å². The largest absolute Gasteiger partial charge is 0.252 e. The van der Waals surface area contributed by atoms with Crippen LogP contribution >= 0.6 is 0 Å². The standard InChI is InChI=1S/C33H48N2.Ni/c1-6-10-14-20-29-21-16-17-23-33(29)35-32(22-15-11-7-2)27(5)34-31-25-24-28(18-12-8-3)30(26-31)19-13-9-4;/h6,10,16-17,21,23-26H,7-9,11-15,18-20,22H2,1-5H3;/b10-6+,34-27?,35-32?;. The number of hydrogen-bond acceptors (Lipinski definition) is 2. The summed E-state index contributed by atoms with van der Waals surface area (Å²) in [4.78, 5) is 10.3. The van der Waals surface area contributed by atoms with E-state index in [1.807, 2.05) is 0 Å². The number of unbranched alkanes of at least 4 members (excludes halogenated alkanes) is 4. The molecule has 0 heterocycles. The van der Waals surface area contributed by atoms with Crippen LogP contribution < -0.4 is 0 Å². The Morgan fingerprint density at radius 1 is 0.750 bits per heavy atom. The molecule has 36 heavy (non-hydrogen) atoms. The third kappa shape index (κ3) is 11.4. The Morgan fingerprint density at radius 2 is 1.44 bits per heavy atom. The fourth-order valence-electron chi connectivity index (χ4n) is 4.39. The molecule has 0 amide bonds. The van der Waals surface area contributed by atoms with Crippen molar-refractivity contribution in [1.29, 1.82) is 0 Å². The summed E-state index contributed by atoms with van der Waals surface area (Å²) < 4.78 is 0. The summed E-state index contributed by atoms with van der Waals surface area (Å²) >= 11 is 0. The molecule has 0 fully saturated rings. The Hall–Kier alpha value is -1.99. The first-order chi connectivity index (χ1) is 17.1. The van der Waals surface area contributed by atoms with E-state index in [0.29, 0.717) is 0 Å². The minimum Gasteiger partial charge on any atom is -0.252 e. The first kappa shape index (κ1) is 32.0. The van der Waals surface area contributed by atoms with E-state index in [-0.39, 0.29) is 16.5 Å². The molecule has 2 nitrogen and oxygen atoms in total. The van der Waals surface area contributed by atoms with Gasteiger partial charge in [-0.3, -0.25) is 9.98 Å². The van der Waals surface area contributed by atoms with Crippen LogP contribution in [0.3, 0.4) is 0 Å². The quantitative estimate of drug-likeness (QED) is 0.0891. The third-order valence-corrected chi connectivity index (χ3v) is 6.58. The van der Waals surface area contributed by atoms with E-state index in [2.05, 4.69) is 89.2 Å². The molecule has 0 saturated carbocycles. The molecule has 2 aromatic rings. The van der Waals surface area contributed by atoms with Crippen molar-refractivity contribution in [2.75, 3.05) is 0 Å². The number of para-hydroxylation sites is 1. The molecule has 0 aliphatic heterocycles. The van der Waals surface area contributed by atoms with Crippen LogP contribution in [-0.2, 0) is 35.8 Å². The molecule has 2 aromatic carbocycles. The summed E-state index contributed by atoms with van der Waals surface area (Å²) in [5.74, 6) is 0. The first-order valence-corrected chi connectivity index (χ1v) is 14.1. The summed E-state index contributed by atoms with van der Waals surface area (Å²) in [6.45, 7) is 11.0. The predicted molar refractivity (Wildman–Crippen MR) is 157 cm³/mol. The predicted octanol–water partition coefficient (Wildman–Crippen LogP) is 10.3. The number of allylic oxidation sites excluding steroid dienone is 2. The van der Waals surface area contributed by atoms with Crippen LogP contribution in [0.1, 0.15) is 109 Å². The van der Waals surface area contributed by atoms with Crippen LogP contribution in [0.5, 0.6) is 0 Å². The van der Waals surface area contributed by atoms with Gasteiger partial charge in [0.25, 0.3) is 0 Å². The van der Waals surface area contributed by atoms with Crippen molar-refractivity contribution in [3.63, 3.8) is 0 Å². The number of benzene rings is 2. The molecule has 0 spiro atoms. The molecule has 3 heteroatoms. The zero-order valence-corrected chi connectivity index (χ0v) is 24.4. The third-order valence-electron chi connectivity index (χ3n) is 6.58. The molecular formula is C33H48N2Ni. The summed E-state index contributed by atoms with van der Waals surface area (Å²) in [5, 5.41) is 0. The van der Waals surface area contributed by atoms with E-state index in [4.69, 9.17) is 9.98 Å². The fourth-order valence-corrected chi connectivity index (χ4v) is 4.39. The molecule has 2 rings (SSSR count). The van der Waals surface area contributed by atoms with Gasteiger partial charge in [-0.1, -0.05) is 82.9 Å². The van der Waals surface area contributed by atoms with Crippen molar-refractivity contribution in [3.8, 4) is 0 Å². The molecule has 0 aliphatic rings. The molecule has 0 radical (unpaired) electrons. The van der Waals surface area contributed by atoms with Gasteiger partial charge in [-0.15, -0.1) is 0 Å². The monoisotopic (exact) mass is 530 g/mol. The molecule has 200 valence electrons. The zero-order valence-electron chi connectivity index (χ0n) is 23.4. The van der Waals surface area contributed by atoms with Crippen LogP contribution in [0.4, 0.5) is 11.4 Å². The topological polar surface area (TPSA) is 24.7 Å². The second kappa shape index (κ2) is 19.2. The van der Waals surface area contributed by atoms with Crippen molar-refractivity contribution in [2.24, 2.45) is 9.98 Å². The van der Waals surface area contributed by atoms with Crippen molar-refractivity contribution >= 4 is 22.8 Å². The van der Waals surface area contributed by atoms with E-state index in [9.17, 15) is 0 Å². The van der Waals surface area contributed by atoms with Crippen molar-refractivity contribution in [1.82, 2.24) is 0 Å². The molecular weight excluding hydrogens is 483 g/mol. The Kier molecular flexibility index (Phi) is 17.1. The van der Waals surface area contributed by atoms with Gasteiger partial charge in [-0.2, -0.15) is 0 Å². The Morgan fingerprint density at radius 3 is 2.14 bits per heavy atom. The van der Waals surface area contributed by atoms with E-state index in [1.54, 1.807) is 0 Å². The smallest absolute Gasteiger partial charge is 0.0665 e. The second-order valence-electron chi connectivity index (χ2n) is 9.61. The maximum absolute atomic E-state index is 5.20. The van der Waals surface area contributed by atoms with Gasteiger partial charge in [0.05, 0.1) is 22.8 Å². The maximum atomic E-state index is 5.20. The van der Waals surface area contributed by atoms with Gasteiger partial charge < -0.3 is 0 Å². The fraction of sp³-hybridized carbons (Fsp3) is 0.515. The number of hydrogen-bond donors (Lipinski definition) is 0. The minimum absolute atomic E-state index is 0. The number of nitrogens with zero attached hydrogens (tertiary/aromatic N) is 2. The summed E-state index contributed by atoms with van der Waals surface area (Å²) in [6.07, 6.45) is 18.3. The second-order valence-corrected chi connectivity index (χ2v) is 9.61. The van der Waals surface area contributed by atoms with Gasteiger partial charge in [0.1, 0.15) is 0 Å². The van der Waals surface area contributed by atoms with E-state index >= 15 is 0 Å². The molecule has 0 atom stereocenters. The van der Waals surface area contributed by atoms with E-state index < -0.39 is 0 Å². The van der Waals surface area contributed by atoms with Gasteiger partial charge in [-0.05, 0) is 100 Å². The number of rotatable bonds is 16. The van der Waals surface area contributed by atoms with Gasteiger partial charge in [0.2, 0.25) is 0 Å². The van der Waals surface area contributed by atoms with Crippen molar-refractivity contribution < 1.29 is 16.5 Å². The molecule has 0 N–H and O–H groups in total. The van der Waals surface area contributed by atoms with Crippen LogP contribution in [0.15, 0.2) is 64.6 Å².